The Morgan fingerprint density at radius 1 is 0.442 bits per heavy atom. The molecule has 0 radical (unpaired) electrons. The predicted octanol–water partition coefficient (Wildman–Crippen LogP) is 11.6. The molecule has 0 fully saturated rings. The minimum absolute atomic E-state index is 0.0791. The average molecular weight is 699 g/mol. The summed E-state index contributed by atoms with van der Waals surface area (Å²) in [4.78, 5) is 54.8. The number of hydrogen-bond acceptors (Lipinski definition) is 4. The molecule has 2 amide bonds. The van der Waals surface area contributed by atoms with E-state index in [4.69, 9.17) is 0 Å². The van der Waals surface area contributed by atoms with Gasteiger partial charge in [0, 0.05) is 22.3 Å². The van der Waals surface area contributed by atoms with Crippen LogP contribution in [0, 0.1) is 0 Å². The van der Waals surface area contributed by atoms with Crippen LogP contribution in [0.15, 0.2) is 84.9 Å². The van der Waals surface area contributed by atoms with Gasteiger partial charge >= 0.3 is 0 Å². The van der Waals surface area contributed by atoms with E-state index in [0.717, 1.165) is 25.7 Å². The zero-order chi connectivity index (χ0) is 36.7. The zero-order valence-electron chi connectivity index (χ0n) is 31.0. The Morgan fingerprint density at radius 2 is 0.788 bits per heavy atom. The van der Waals surface area contributed by atoms with E-state index < -0.39 is 0 Å². The lowest BCUT2D eigenvalue weighted by molar-refractivity contribution is 0.0977. The Morgan fingerprint density at radius 3 is 1.15 bits per heavy atom. The van der Waals surface area contributed by atoms with Crippen molar-refractivity contribution in [3.63, 3.8) is 0 Å². The molecule has 0 aromatic heterocycles. The van der Waals surface area contributed by atoms with Gasteiger partial charge < -0.3 is 10.6 Å². The molecule has 52 heavy (non-hydrogen) atoms. The van der Waals surface area contributed by atoms with Crippen LogP contribution in [0.5, 0.6) is 0 Å². The third kappa shape index (κ3) is 10.1. The van der Waals surface area contributed by atoms with Gasteiger partial charge in [-0.1, -0.05) is 139 Å². The molecule has 4 aromatic carbocycles. The van der Waals surface area contributed by atoms with Crippen molar-refractivity contribution in [1.29, 1.82) is 0 Å². The zero-order valence-corrected chi connectivity index (χ0v) is 31.0. The molecule has 6 heteroatoms. The fourth-order valence-electron chi connectivity index (χ4n) is 7.04. The summed E-state index contributed by atoms with van der Waals surface area (Å²) >= 11 is 0. The largest absolute Gasteiger partial charge is 0.321 e. The van der Waals surface area contributed by atoms with Gasteiger partial charge in [-0.25, -0.2) is 0 Å². The van der Waals surface area contributed by atoms with Crippen LogP contribution in [-0.4, -0.2) is 23.4 Å². The molecule has 0 saturated heterocycles. The molecule has 0 bridgehead atoms. The molecule has 0 heterocycles. The van der Waals surface area contributed by atoms with Gasteiger partial charge in [-0.2, -0.15) is 0 Å². The highest BCUT2D eigenvalue weighted by molar-refractivity contribution is 6.33. The summed E-state index contributed by atoms with van der Waals surface area (Å²) in [5.74, 6) is -1.51. The monoisotopic (exact) mass is 698 g/mol. The second kappa shape index (κ2) is 19.7. The molecule has 0 spiro atoms. The van der Waals surface area contributed by atoms with Crippen LogP contribution in [0.2, 0.25) is 0 Å². The highest BCUT2D eigenvalue weighted by atomic mass is 16.2. The second-order valence-corrected chi connectivity index (χ2v) is 14.2. The lowest BCUT2D eigenvalue weighted by atomic mass is 9.82. The van der Waals surface area contributed by atoms with Gasteiger partial charge in [-0.3, -0.25) is 19.2 Å². The van der Waals surface area contributed by atoms with Crippen LogP contribution >= 0.6 is 0 Å². The van der Waals surface area contributed by atoms with E-state index in [1.54, 1.807) is 60.7 Å². The average Bonchev–Trinajstić information content (AvgIpc) is 3.17. The van der Waals surface area contributed by atoms with Crippen molar-refractivity contribution in [2.24, 2.45) is 0 Å². The molecular weight excluding hydrogens is 645 g/mol. The molecular formula is C46H54N2O4. The van der Waals surface area contributed by atoms with Crippen molar-refractivity contribution in [3.05, 3.63) is 129 Å². The van der Waals surface area contributed by atoms with E-state index in [1.165, 1.54) is 88.2 Å². The minimum atomic E-state index is -0.378. The quantitative estimate of drug-likeness (QED) is 0.0791. The van der Waals surface area contributed by atoms with Gasteiger partial charge in [-0.05, 0) is 73.2 Å². The number of nitrogens with one attached hydrogen (secondary N) is 2. The van der Waals surface area contributed by atoms with Crippen LogP contribution in [0.25, 0.3) is 0 Å². The van der Waals surface area contributed by atoms with E-state index in [0.29, 0.717) is 11.1 Å². The summed E-state index contributed by atoms with van der Waals surface area (Å²) in [5.41, 5.74) is 4.44. The maximum Gasteiger partial charge on any atom is 0.255 e. The van der Waals surface area contributed by atoms with Crippen molar-refractivity contribution in [1.82, 2.24) is 0 Å². The summed E-state index contributed by atoms with van der Waals surface area (Å²) in [5, 5.41) is 5.78. The molecule has 1 aliphatic carbocycles. The van der Waals surface area contributed by atoms with Gasteiger partial charge in [-0.15, -0.1) is 0 Å². The molecule has 5 rings (SSSR count). The lowest BCUT2D eigenvalue weighted by Crippen LogP contribution is -2.26. The molecule has 1 aliphatic rings. The molecule has 0 saturated carbocycles. The van der Waals surface area contributed by atoms with Crippen molar-refractivity contribution in [2.75, 3.05) is 10.6 Å². The summed E-state index contributed by atoms with van der Waals surface area (Å²) in [6, 6.07) is 25.0. The van der Waals surface area contributed by atoms with Gasteiger partial charge in [0.2, 0.25) is 0 Å². The van der Waals surface area contributed by atoms with Crippen LogP contribution in [-0.2, 0) is 12.8 Å². The number of fused-ring (bicyclic) bond motifs is 2. The summed E-state index contributed by atoms with van der Waals surface area (Å²) in [6.45, 7) is 4.46. The normalized spacial score (nSPS) is 12.0. The number of carbonyl (C=O) groups excluding carboxylic acids is 4. The van der Waals surface area contributed by atoms with Gasteiger partial charge in [0.25, 0.3) is 11.8 Å². The molecule has 6 nitrogen and oxygen atoms in total. The van der Waals surface area contributed by atoms with E-state index in [9.17, 15) is 19.2 Å². The van der Waals surface area contributed by atoms with Gasteiger partial charge in [0.05, 0.1) is 22.5 Å². The number of benzene rings is 4. The summed E-state index contributed by atoms with van der Waals surface area (Å²) in [6.07, 6.45) is 19.4. The number of carbonyl (C=O) groups is 4. The van der Waals surface area contributed by atoms with Crippen molar-refractivity contribution < 1.29 is 19.2 Å². The van der Waals surface area contributed by atoms with Crippen LogP contribution in [0.3, 0.4) is 0 Å². The number of anilines is 2. The molecule has 0 atom stereocenters. The number of ketones is 2. The van der Waals surface area contributed by atoms with E-state index in [-0.39, 0.29) is 57.0 Å². The third-order valence-electron chi connectivity index (χ3n) is 10.1. The first-order valence-corrected chi connectivity index (χ1v) is 19.6. The lowest BCUT2D eigenvalue weighted by Gasteiger charge is -2.23. The van der Waals surface area contributed by atoms with Gasteiger partial charge in [0.1, 0.15) is 0 Å². The Hall–Kier alpha value is -4.84. The Balaban J connectivity index is 1.27. The Bertz CT molecular complexity index is 1690. The molecule has 0 unspecified atom stereocenters. The molecule has 272 valence electrons. The second-order valence-electron chi connectivity index (χ2n) is 14.2. The Labute approximate surface area is 309 Å². The number of unbranched alkanes of at least 4 members (excludes halogenated alkanes) is 12. The Kier molecular flexibility index (Phi) is 14.5. The predicted molar refractivity (Wildman–Crippen MR) is 212 cm³/mol. The first-order valence-electron chi connectivity index (χ1n) is 19.6. The SMILES string of the molecule is CCCCCCCCCc1ccc(C(=O)Nc2ccc(NC(=O)c3ccc(CCCCCCCCC)cc3)c3c2C(=O)c2ccccc2C3=O)cc1. The summed E-state index contributed by atoms with van der Waals surface area (Å²) < 4.78 is 0. The number of aryl methyl sites for hydroxylation is 2. The van der Waals surface area contributed by atoms with E-state index in [1.807, 2.05) is 24.3 Å². The van der Waals surface area contributed by atoms with E-state index in [2.05, 4.69) is 24.5 Å². The number of hydrogen-bond donors (Lipinski definition) is 2. The standard InChI is InChI=1S/C46H54N2O4/c1-3-5-7-9-11-13-15-19-33-23-27-35(28-24-33)45(51)47-39-31-32-40(42-41(39)43(49)37-21-17-18-22-38(37)44(42)50)48-46(52)36-29-25-34(26-30-36)20-16-14-12-10-8-6-4-2/h17-18,21-32H,3-16,19-20H2,1-2H3,(H,47,51)(H,48,52). The molecule has 4 aromatic rings. The van der Waals surface area contributed by atoms with Crippen molar-refractivity contribution in [3.8, 4) is 0 Å². The van der Waals surface area contributed by atoms with Gasteiger partial charge in [0.15, 0.2) is 11.6 Å². The fourth-order valence-corrected chi connectivity index (χ4v) is 7.04. The first-order chi connectivity index (χ1) is 25.4. The molecule has 0 aliphatic heterocycles. The smallest absolute Gasteiger partial charge is 0.255 e. The van der Waals surface area contributed by atoms with Crippen LogP contribution in [0.1, 0.15) is 167 Å². The number of amides is 2. The summed E-state index contributed by atoms with van der Waals surface area (Å²) in [7, 11) is 0. The maximum atomic E-state index is 13.9. The number of rotatable bonds is 20. The maximum absolute atomic E-state index is 13.9. The molecule has 2 N–H and O–H groups in total. The van der Waals surface area contributed by atoms with Crippen molar-refractivity contribution in [2.45, 2.75) is 117 Å². The fraction of sp³-hybridized carbons (Fsp3) is 0.391. The third-order valence-corrected chi connectivity index (χ3v) is 10.1. The van der Waals surface area contributed by atoms with E-state index >= 15 is 0 Å². The highest BCUT2D eigenvalue weighted by Crippen LogP contribution is 2.37. The van der Waals surface area contributed by atoms with Crippen LogP contribution in [0.4, 0.5) is 11.4 Å². The minimum Gasteiger partial charge on any atom is -0.321 e. The first kappa shape index (κ1) is 38.4. The van der Waals surface area contributed by atoms with Crippen LogP contribution < -0.4 is 10.6 Å². The van der Waals surface area contributed by atoms with Crippen molar-refractivity contribution >= 4 is 34.8 Å². The highest BCUT2D eigenvalue weighted by Gasteiger charge is 2.34. The topological polar surface area (TPSA) is 92.3 Å².